The van der Waals surface area contributed by atoms with Crippen LogP contribution in [0.4, 0.5) is 5.69 Å². The third kappa shape index (κ3) is 3.98. The fourth-order valence-electron chi connectivity index (χ4n) is 3.28. The Hall–Kier alpha value is -2.57. The zero-order valence-electron chi connectivity index (χ0n) is 15.9. The second kappa shape index (κ2) is 7.81. The number of hydrogen-bond acceptors (Lipinski definition) is 6. The third-order valence-electron chi connectivity index (χ3n) is 4.68. The van der Waals surface area contributed by atoms with Gasteiger partial charge in [0.05, 0.1) is 11.1 Å². The molecule has 0 radical (unpaired) electrons. The molecule has 1 saturated heterocycles. The summed E-state index contributed by atoms with van der Waals surface area (Å²) in [5.74, 6) is 1.60. The maximum Gasteiger partial charge on any atom is 0.258 e. The predicted molar refractivity (Wildman–Crippen MR) is 111 cm³/mol. The molecule has 0 spiro atoms. The Morgan fingerprint density at radius 2 is 1.93 bits per heavy atom. The van der Waals surface area contributed by atoms with Crippen molar-refractivity contribution < 1.29 is 9.26 Å². The van der Waals surface area contributed by atoms with Gasteiger partial charge in [0.25, 0.3) is 5.89 Å². The molecule has 3 aromatic rings. The van der Waals surface area contributed by atoms with Gasteiger partial charge >= 0.3 is 0 Å². The van der Waals surface area contributed by atoms with Crippen LogP contribution in [-0.4, -0.2) is 35.4 Å². The summed E-state index contributed by atoms with van der Waals surface area (Å²) in [5.41, 5.74) is 8.80. The monoisotopic (exact) mass is 398 g/mol. The molecule has 1 unspecified atom stereocenters. The largest absolute Gasteiger partial charge is 0.489 e. The Bertz CT molecular complexity index is 955. The topological polar surface area (TPSA) is 77.4 Å². The van der Waals surface area contributed by atoms with Crippen LogP contribution in [0.25, 0.3) is 22.8 Å². The van der Waals surface area contributed by atoms with Crippen molar-refractivity contribution in [1.82, 2.24) is 10.1 Å². The molecule has 6 nitrogen and oxygen atoms in total. The summed E-state index contributed by atoms with van der Waals surface area (Å²) in [7, 11) is 0. The van der Waals surface area contributed by atoms with Gasteiger partial charge in [-0.15, -0.1) is 0 Å². The molecule has 1 fully saturated rings. The molecule has 0 saturated carbocycles. The van der Waals surface area contributed by atoms with Crippen LogP contribution in [0.5, 0.6) is 5.75 Å². The Morgan fingerprint density at radius 1 is 1.18 bits per heavy atom. The van der Waals surface area contributed by atoms with Gasteiger partial charge in [0.2, 0.25) is 5.82 Å². The van der Waals surface area contributed by atoms with E-state index in [9.17, 15) is 0 Å². The van der Waals surface area contributed by atoms with Crippen LogP contribution in [0, 0.1) is 0 Å². The van der Waals surface area contributed by atoms with Gasteiger partial charge in [-0.05, 0) is 62.7 Å². The molecular formula is C21H23ClN4O2. The van der Waals surface area contributed by atoms with E-state index in [1.165, 1.54) is 0 Å². The maximum atomic E-state index is 6.31. The molecule has 28 heavy (non-hydrogen) atoms. The van der Waals surface area contributed by atoms with Crippen molar-refractivity contribution in [2.45, 2.75) is 32.4 Å². The van der Waals surface area contributed by atoms with E-state index in [-0.39, 0.29) is 12.1 Å². The van der Waals surface area contributed by atoms with Crippen LogP contribution < -0.4 is 15.4 Å². The number of nitrogens with zero attached hydrogens (tertiary/aromatic N) is 3. The Morgan fingerprint density at radius 3 is 2.57 bits per heavy atom. The third-order valence-corrected chi connectivity index (χ3v) is 4.98. The molecule has 2 heterocycles. The number of rotatable bonds is 5. The Kier molecular flexibility index (Phi) is 5.24. The van der Waals surface area contributed by atoms with Crippen molar-refractivity contribution in [3.05, 3.63) is 47.5 Å². The van der Waals surface area contributed by atoms with Crippen molar-refractivity contribution in [3.63, 3.8) is 0 Å². The first kappa shape index (κ1) is 18.8. The normalized spacial score (nSPS) is 16.8. The van der Waals surface area contributed by atoms with E-state index in [1.807, 2.05) is 38.1 Å². The number of anilines is 1. The van der Waals surface area contributed by atoms with Crippen molar-refractivity contribution in [2.24, 2.45) is 5.73 Å². The fourth-order valence-corrected chi connectivity index (χ4v) is 3.51. The van der Waals surface area contributed by atoms with Crippen molar-refractivity contribution in [3.8, 4) is 28.6 Å². The zero-order chi connectivity index (χ0) is 19.7. The number of halogens is 1. The summed E-state index contributed by atoms with van der Waals surface area (Å²) in [4.78, 5) is 6.80. The second-order valence-electron chi connectivity index (χ2n) is 7.28. The molecule has 7 heteroatoms. The minimum Gasteiger partial charge on any atom is -0.489 e. The van der Waals surface area contributed by atoms with Gasteiger partial charge in [0, 0.05) is 35.9 Å². The van der Waals surface area contributed by atoms with E-state index in [1.54, 1.807) is 6.07 Å². The smallest absolute Gasteiger partial charge is 0.258 e. The summed E-state index contributed by atoms with van der Waals surface area (Å²) < 4.78 is 11.1. The van der Waals surface area contributed by atoms with Crippen molar-refractivity contribution >= 4 is 17.3 Å². The first-order valence-electron chi connectivity index (χ1n) is 9.41. The predicted octanol–water partition coefficient (Wildman–Crippen LogP) is 4.38. The van der Waals surface area contributed by atoms with Crippen LogP contribution in [-0.2, 0) is 0 Å². The lowest BCUT2D eigenvalue weighted by Crippen LogP contribution is -2.26. The number of nitrogens with two attached hydrogens (primary N) is 1. The summed E-state index contributed by atoms with van der Waals surface area (Å²) in [6.07, 6.45) is 1.08. The van der Waals surface area contributed by atoms with Crippen LogP contribution in [0.2, 0.25) is 5.02 Å². The highest BCUT2D eigenvalue weighted by molar-refractivity contribution is 6.32. The lowest BCUT2D eigenvalue weighted by molar-refractivity contribution is 0.242. The van der Waals surface area contributed by atoms with Gasteiger partial charge in [-0.1, -0.05) is 16.8 Å². The van der Waals surface area contributed by atoms with Crippen molar-refractivity contribution in [2.75, 3.05) is 18.0 Å². The molecule has 4 rings (SSSR count). The Labute approximate surface area is 169 Å². The quantitative estimate of drug-likeness (QED) is 0.687. The molecule has 1 aliphatic heterocycles. The van der Waals surface area contributed by atoms with E-state index in [0.717, 1.165) is 36.3 Å². The standard InChI is InChI=1S/C21H23ClN4O2/c1-13(2)27-19-8-5-15(11-18(19)22)20-24-21(28-25-20)14-3-6-17(7-4-14)26-10-9-16(23)12-26/h3-8,11,13,16H,9-10,12,23H2,1-2H3. The summed E-state index contributed by atoms with van der Waals surface area (Å²) >= 11 is 6.31. The molecule has 2 N–H and O–H groups in total. The number of benzene rings is 2. The molecule has 0 aliphatic carbocycles. The second-order valence-corrected chi connectivity index (χ2v) is 7.68. The van der Waals surface area contributed by atoms with Crippen LogP contribution in [0.1, 0.15) is 20.3 Å². The highest BCUT2D eigenvalue weighted by Crippen LogP contribution is 2.31. The lowest BCUT2D eigenvalue weighted by atomic mass is 10.2. The summed E-state index contributed by atoms with van der Waals surface area (Å²) in [6.45, 7) is 5.79. The van der Waals surface area contributed by atoms with Crippen LogP contribution >= 0.6 is 11.6 Å². The average molecular weight is 399 g/mol. The molecule has 1 atom stereocenters. The molecule has 0 amide bonds. The molecule has 1 aliphatic rings. The van der Waals surface area contributed by atoms with Gasteiger partial charge in [-0.2, -0.15) is 4.98 Å². The zero-order valence-corrected chi connectivity index (χ0v) is 16.7. The summed E-state index contributed by atoms with van der Waals surface area (Å²) in [5, 5.41) is 4.61. The minimum atomic E-state index is 0.0550. The van der Waals surface area contributed by atoms with E-state index in [2.05, 4.69) is 27.2 Å². The van der Waals surface area contributed by atoms with E-state index >= 15 is 0 Å². The maximum absolute atomic E-state index is 6.31. The molecule has 1 aromatic heterocycles. The number of ether oxygens (including phenoxy) is 1. The van der Waals surface area contributed by atoms with E-state index in [0.29, 0.717) is 22.5 Å². The van der Waals surface area contributed by atoms with Gasteiger partial charge in [0.1, 0.15) is 5.75 Å². The summed E-state index contributed by atoms with van der Waals surface area (Å²) in [6, 6.07) is 13.8. The first-order valence-corrected chi connectivity index (χ1v) is 9.78. The van der Waals surface area contributed by atoms with E-state index in [4.69, 9.17) is 26.6 Å². The number of aromatic nitrogens is 2. The van der Waals surface area contributed by atoms with Gasteiger partial charge in [-0.3, -0.25) is 0 Å². The lowest BCUT2D eigenvalue weighted by Gasteiger charge is -2.17. The van der Waals surface area contributed by atoms with Crippen LogP contribution in [0.3, 0.4) is 0 Å². The Balaban J connectivity index is 1.52. The molecule has 0 bridgehead atoms. The SMILES string of the molecule is CC(C)Oc1ccc(-c2noc(-c3ccc(N4CCC(N)C4)cc3)n2)cc1Cl. The van der Waals surface area contributed by atoms with E-state index < -0.39 is 0 Å². The highest BCUT2D eigenvalue weighted by atomic mass is 35.5. The van der Waals surface area contributed by atoms with Gasteiger partial charge in [0.15, 0.2) is 0 Å². The highest BCUT2D eigenvalue weighted by Gasteiger charge is 2.19. The van der Waals surface area contributed by atoms with Gasteiger partial charge < -0.3 is 19.9 Å². The van der Waals surface area contributed by atoms with Crippen LogP contribution in [0.15, 0.2) is 47.0 Å². The van der Waals surface area contributed by atoms with Crippen molar-refractivity contribution in [1.29, 1.82) is 0 Å². The molecule has 146 valence electrons. The molecule has 2 aromatic carbocycles. The molecular weight excluding hydrogens is 376 g/mol. The number of hydrogen-bond donors (Lipinski definition) is 1. The average Bonchev–Trinajstić information content (AvgIpc) is 3.33. The first-order chi connectivity index (χ1) is 13.5. The fraction of sp³-hybridized carbons (Fsp3) is 0.333. The minimum absolute atomic E-state index is 0.0550. The van der Waals surface area contributed by atoms with Gasteiger partial charge in [-0.25, -0.2) is 0 Å².